The molecular formula is C11H8ClNO3. The van der Waals surface area contributed by atoms with Gasteiger partial charge in [0.15, 0.2) is 5.58 Å². The molecule has 0 aliphatic carbocycles. The van der Waals surface area contributed by atoms with Crippen molar-refractivity contribution in [1.82, 2.24) is 0 Å². The van der Waals surface area contributed by atoms with Crippen LogP contribution in [-0.2, 0) is 11.4 Å². The lowest BCUT2D eigenvalue weighted by Crippen LogP contribution is -1.99. The highest BCUT2D eigenvalue weighted by atomic mass is 35.5. The Morgan fingerprint density at radius 2 is 1.81 bits per heavy atom. The topological polar surface area (TPSA) is 61.5 Å². The summed E-state index contributed by atoms with van der Waals surface area (Å²) in [5.74, 6) is 5.11. The summed E-state index contributed by atoms with van der Waals surface area (Å²) in [7, 11) is 0. The van der Waals surface area contributed by atoms with Crippen LogP contribution in [0, 0.1) is 0 Å². The van der Waals surface area contributed by atoms with Crippen LogP contribution in [0.2, 0.25) is 5.02 Å². The van der Waals surface area contributed by atoms with Gasteiger partial charge in [-0.3, -0.25) is 4.84 Å². The fourth-order valence-corrected chi connectivity index (χ4v) is 2.20. The predicted octanol–water partition coefficient (Wildman–Crippen LogP) is 3.22. The maximum absolute atomic E-state index is 6.20. The molecule has 0 aliphatic rings. The average Bonchev–Trinajstić information content (AvgIpc) is 2.92. The first kappa shape index (κ1) is 9.72. The normalized spacial score (nSPS) is 11.6. The summed E-state index contributed by atoms with van der Waals surface area (Å²) >= 11 is 6.20. The third kappa shape index (κ3) is 1.18. The van der Waals surface area contributed by atoms with Gasteiger partial charge in [-0.15, -0.1) is 0 Å². The summed E-state index contributed by atoms with van der Waals surface area (Å²) in [6.45, 7) is 0.247. The maximum Gasteiger partial charge on any atom is 0.153 e. The predicted molar refractivity (Wildman–Crippen MR) is 60.0 cm³/mol. The Labute approximate surface area is 95.5 Å². The minimum Gasteiger partial charge on any atom is -0.464 e. The summed E-state index contributed by atoms with van der Waals surface area (Å²) in [4.78, 5) is 4.68. The van der Waals surface area contributed by atoms with Gasteiger partial charge in [-0.2, -0.15) is 0 Å². The van der Waals surface area contributed by atoms with Crippen molar-refractivity contribution in [2.24, 2.45) is 5.90 Å². The Kier molecular flexibility index (Phi) is 2.14. The molecule has 0 amide bonds. The van der Waals surface area contributed by atoms with Gasteiger partial charge in [-0.25, -0.2) is 5.90 Å². The van der Waals surface area contributed by atoms with Gasteiger partial charge in [0.05, 0.1) is 24.2 Å². The summed E-state index contributed by atoms with van der Waals surface area (Å²) < 4.78 is 10.7. The van der Waals surface area contributed by atoms with E-state index < -0.39 is 0 Å². The summed E-state index contributed by atoms with van der Waals surface area (Å²) in [6.07, 6.45) is 3.16. The number of fused-ring (bicyclic) bond motifs is 2. The molecule has 0 fully saturated rings. The number of nitrogens with two attached hydrogens (primary N) is 1. The van der Waals surface area contributed by atoms with E-state index in [1.807, 2.05) is 6.07 Å². The fraction of sp³-hybridized carbons (Fsp3) is 0.0909. The molecule has 0 aliphatic heterocycles. The van der Waals surface area contributed by atoms with Crippen molar-refractivity contribution in [2.75, 3.05) is 0 Å². The maximum atomic E-state index is 6.20. The van der Waals surface area contributed by atoms with Crippen LogP contribution in [0.25, 0.3) is 21.9 Å². The van der Waals surface area contributed by atoms with Gasteiger partial charge in [-0.05, 0) is 12.1 Å². The Bertz CT molecular complexity index is 604. The van der Waals surface area contributed by atoms with E-state index in [2.05, 4.69) is 4.84 Å². The molecule has 1 aromatic carbocycles. The van der Waals surface area contributed by atoms with Crippen molar-refractivity contribution >= 4 is 33.5 Å². The zero-order valence-electron chi connectivity index (χ0n) is 8.20. The van der Waals surface area contributed by atoms with Crippen LogP contribution in [0.5, 0.6) is 0 Å². The van der Waals surface area contributed by atoms with E-state index in [1.54, 1.807) is 18.6 Å². The first-order chi connectivity index (χ1) is 7.83. The highest BCUT2D eigenvalue weighted by molar-refractivity contribution is 6.40. The largest absolute Gasteiger partial charge is 0.464 e. The van der Waals surface area contributed by atoms with E-state index in [0.717, 1.165) is 16.3 Å². The van der Waals surface area contributed by atoms with E-state index in [0.29, 0.717) is 16.2 Å². The van der Waals surface area contributed by atoms with E-state index in [4.69, 9.17) is 26.3 Å². The van der Waals surface area contributed by atoms with Gasteiger partial charge in [0.1, 0.15) is 5.58 Å². The Morgan fingerprint density at radius 1 is 1.12 bits per heavy atom. The highest BCUT2D eigenvalue weighted by Crippen LogP contribution is 2.37. The van der Waals surface area contributed by atoms with Crippen LogP contribution in [-0.4, -0.2) is 0 Å². The molecule has 2 heterocycles. The molecule has 4 nitrogen and oxygen atoms in total. The fourth-order valence-electron chi connectivity index (χ4n) is 1.90. The second kappa shape index (κ2) is 3.52. The Hall–Kier alpha value is -1.49. The molecule has 3 aromatic rings. The van der Waals surface area contributed by atoms with Crippen LogP contribution in [0.1, 0.15) is 5.56 Å². The third-order valence-corrected chi connectivity index (χ3v) is 2.97. The van der Waals surface area contributed by atoms with Crippen molar-refractivity contribution in [3.8, 4) is 0 Å². The van der Waals surface area contributed by atoms with Crippen LogP contribution >= 0.6 is 11.6 Å². The Balaban J connectivity index is 2.51. The molecule has 2 N–H and O–H groups in total. The Morgan fingerprint density at radius 3 is 2.56 bits per heavy atom. The van der Waals surface area contributed by atoms with Crippen molar-refractivity contribution < 1.29 is 13.7 Å². The van der Waals surface area contributed by atoms with Gasteiger partial charge in [0, 0.05) is 16.3 Å². The average molecular weight is 238 g/mol. The lowest BCUT2D eigenvalue weighted by molar-refractivity contribution is 0.125. The number of furan rings is 2. The molecule has 2 aromatic heterocycles. The lowest BCUT2D eigenvalue weighted by atomic mass is 10.1. The van der Waals surface area contributed by atoms with Crippen LogP contribution < -0.4 is 5.90 Å². The van der Waals surface area contributed by atoms with Crippen LogP contribution in [0.15, 0.2) is 33.5 Å². The SMILES string of the molecule is NOCc1c2ccoc2c(Cl)c2ccoc12. The van der Waals surface area contributed by atoms with Gasteiger partial charge in [0.25, 0.3) is 0 Å². The summed E-state index contributed by atoms with van der Waals surface area (Å²) in [6, 6.07) is 3.61. The van der Waals surface area contributed by atoms with E-state index in [9.17, 15) is 0 Å². The first-order valence-corrected chi connectivity index (χ1v) is 5.07. The number of halogens is 1. The molecule has 16 heavy (non-hydrogen) atoms. The monoisotopic (exact) mass is 237 g/mol. The lowest BCUT2D eigenvalue weighted by Gasteiger charge is -2.04. The van der Waals surface area contributed by atoms with Gasteiger partial charge in [0.2, 0.25) is 0 Å². The van der Waals surface area contributed by atoms with Gasteiger partial charge >= 0.3 is 0 Å². The second-order valence-corrected chi connectivity index (χ2v) is 3.81. The van der Waals surface area contributed by atoms with Crippen molar-refractivity contribution in [3.05, 3.63) is 35.2 Å². The van der Waals surface area contributed by atoms with Crippen molar-refractivity contribution in [3.63, 3.8) is 0 Å². The zero-order valence-corrected chi connectivity index (χ0v) is 8.95. The van der Waals surface area contributed by atoms with E-state index in [-0.39, 0.29) is 6.61 Å². The molecule has 82 valence electrons. The van der Waals surface area contributed by atoms with Crippen LogP contribution in [0.3, 0.4) is 0 Å². The molecule has 0 radical (unpaired) electrons. The first-order valence-electron chi connectivity index (χ1n) is 4.69. The minimum atomic E-state index is 0.247. The van der Waals surface area contributed by atoms with E-state index >= 15 is 0 Å². The highest BCUT2D eigenvalue weighted by Gasteiger charge is 2.17. The quantitative estimate of drug-likeness (QED) is 0.695. The standard InChI is InChI=1S/C11H8ClNO3/c12-9-7-2-4-14-10(7)8(5-16-13)6-1-3-15-11(6)9/h1-4H,5,13H2. The second-order valence-electron chi connectivity index (χ2n) is 3.43. The minimum absolute atomic E-state index is 0.247. The molecule has 0 saturated carbocycles. The molecule has 5 heteroatoms. The summed E-state index contributed by atoms with van der Waals surface area (Å²) in [5, 5.41) is 2.21. The zero-order chi connectivity index (χ0) is 11.1. The van der Waals surface area contributed by atoms with Gasteiger partial charge in [-0.1, -0.05) is 11.6 Å². The number of hydrogen-bond donors (Lipinski definition) is 1. The molecular weight excluding hydrogens is 230 g/mol. The third-order valence-electron chi connectivity index (χ3n) is 2.59. The molecule has 0 atom stereocenters. The van der Waals surface area contributed by atoms with Crippen LogP contribution in [0.4, 0.5) is 0 Å². The smallest absolute Gasteiger partial charge is 0.153 e. The molecule has 0 saturated heterocycles. The molecule has 0 unspecified atom stereocenters. The number of rotatable bonds is 2. The molecule has 3 rings (SSSR count). The molecule has 0 spiro atoms. The number of benzene rings is 1. The molecule has 0 bridgehead atoms. The van der Waals surface area contributed by atoms with Crippen molar-refractivity contribution in [2.45, 2.75) is 6.61 Å². The van der Waals surface area contributed by atoms with E-state index in [1.165, 1.54) is 0 Å². The van der Waals surface area contributed by atoms with Gasteiger partial charge < -0.3 is 8.83 Å². The summed E-state index contributed by atoms with van der Waals surface area (Å²) in [5.41, 5.74) is 2.16. The van der Waals surface area contributed by atoms with Crippen molar-refractivity contribution in [1.29, 1.82) is 0 Å². The number of hydrogen-bond acceptors (Lipinski definition) is 4.